The maximum Gasteiger partial charge on any atom is 0.354 e. The molecule has 0 saturated heterocycles. The lowest BCUT2D eigenvalue weighted by atomic mass is 9.97. The van der Waals surface area contributed by atoms with Gasteiger partial charge in [-0.05, 0) is 0 Å². The molecule has 1 amide bonds. The molecular formula is C13H14N2O4. The highest BCUT2D eigenvalue weighted by Gasteiger charge is 2.46. The van der Waals surface area contributed by atoms with Gasteiger partial charge in [-0.3, -0.25) is 4.79 Å². The van der Waals surface area contributed by atoms with Crippen molar-refractivity contribution in [1.29, 1.82) is 0 Å². The van der Waals surface area contributed by atoms with Crippen LogP contribution in [0.1, 0.15) is 18.9 Å². The summed E-state index contributed by atoms with van der Waals surface area (Å²) in [7, 11) is 1.23. The summed E-state index contributed by atoms with van der Waals surface area (Å²) in [4.78, 5) is 23.1. The second-order valence-corrected chi connectivity index (χ2v) is 4.23. The van der Waals surface area contributed by atoms with E-state index in [2.05, 4.69) is 9.84 Å². The predicted octanol–water partition coefficient (Wildman–Crippen LogP) is 0.613. The number of esters is 1. The van der Waals surface area contributed by atoms with Gasteiger partial charge in [0.15, 0.2) is 11.4 Å². The van der Waals surface area contributed by atoms with Crippen molar-refractivity contribution in [2.24, 2.45) is 5.10 Å². The number of carbonyl (C=O) groups is 2. The Morgan fingerprint density at radius 2 is 2.00 bits per heavy atom. The Labute approximate surface area is 110 Å². The Hall–Kier alpha value is -2.21. The summed E-state index contributed by atoms with van der Waals surface area (Å²) < 4.78 is 4.57. The molecule has 1 aromatic carbocycles. The zero-order valence-corrected chi connectivity index (χ0v) is 10.7. The number of rotatable bonds is 2. The van der Waals surface area contributed by atoms with Crippen LogP contribution in [0.15, 0.2) is 35.4 Å². The van der Waals surface area contributed by atoms with Gasteiger partial charge in [0.2, 0.25) is 5.91 Å². The molecule has 1 atom stereocenters. The van der Waals surface area contributed by atoms with Gasteiger partial charge in [-0.2, -0.15) is 10.1 Å². The van der Waals surface area contributed by atoms with Crippen molar-refractivity contribution >= 4 is 17.6 Å². The van der Waals surface area contributed by atoms with Gasteiger partial charge in [0.05, 0.1) is 13.5 Å². The minimum atomic E-state index is -1.64. The van der Waals surface area contributed by atoms with E-state index in [4.69, 9.17) is 0 Å². The minimum Gasteiger partial charge on any atom is -0.464 e. The van der Waals surface area contributed by atoms with E-state index < -0.39 is 17.6 Å². The van der Waals surface area contributed by atoms with Gasteiger partial charge >= 0.3 is 5.97 Å². The summed E-state index contributed by atoms with van der Waals surface area (Å²) in [5.41, 5.74) is -1.13. The molecule has 0 radical (unpaired) electrons. The van der Waals surface area contributed by atoms with E-state index in [9.17, 15) is 14.7 Å². The third-order valence-corrected chi connectivity index (χ3v) is 2.94. The van der Waals surface area contributed by atoms with Crippen LogP contribution in [0.25, 0.3) is 0 Å². The molecule has 0 spiro atoms. The van der Waals surface area contributed by atoms with E-state index in [0.29, 0.717) is 5.56 Å². The Morgan fingerprint density at radius 3 is 2.53 bits per heavy atom. The molecule has 1 aliphatic heterocycles. The first-order valence-electron chi connectivity index (χ1n) is 5.73. The van der Waals surface area contributed by atoms with Crippen LogP contribution in [-0.4, -0.2) is 34.8 Å². The maximum absolute atomic E-state index is 11.6. The normalized spacial score (nSPS) is 22.1. The van der Waals surface area contributed by atoms with E-state index in [0.717, 1.165) is 5.01 Å². The van der Waals surface area contributed by atoms with Gasteiger partial charge in [0, 0.05) is 12.5 Å². The molecule has 0 unspecified atom stereocenters. The summed E-state index contributed by atoms with van der Waals surface area (Å²) in [6.45, 7) is 1.28. The third kappa shape index (κ3) is 2.22. The average molecular weight is 262 g/mol. The zero-order chi connectivity index (χ0) is 14.0. The van der Waals surface area contributed by atoms with Gasteiger partial charge < -0.3 is 9.84 Å². The number of hydrogen-bond acceptors (Lipinski definition) is 5. The summed E-state index contributed by atoms with van der Waals surface area (Å²) >= 11 is 0. The van der Waals surface area contributed by atoms with Crippen molar-refractivity contribution in [3.05, 3.63) is 35.9 Å². The highest BCUT2D eigenvalue weighted by atomic mass is 16.5. The fourth-order valence-electron chi connectivity index (χ4n) is 2.04. The number of hydrazone groups is 1. The second-order valence-electron chi connectivity index (χ2n) is 4.23. The lowest BCUT2D eigenvalue weighted by molar-refractivity contribution is -0.155. The van der Waals surface area contributed by atoms with Gasteiger partial charge in [-0.25, -0.2) is 4.79 Å². The van der Waals surface area contributed by atoms with Crippen molar-refractivity contribution in [3.63, 3.8) is 0 Å². The predicted molar refractivity (Wildman–Crippen MR) is 66.9 cm³/mol. The number of benzene rings is 1. The van der Waals surface area contributed by atoms with E-state index in [1.54, 1.807) is 30.3 Å². The summed E-state index contributed by atoms with van der Waals surface area (Å²) in [6, 6.07) is 8.61. The van der Waals surface area contributed by atoms with E-state index >= 15 is 0 Å². The summed E-state index contributed by atoms with van der Waals surface area (Å²) in [5, 5.41) is 15.5. The Balaban J connectivity index is 2.42. The van der Waals surface area contributed by atoms with E-state index in [1.807, 2.05) is 0 Å². The molecular weight excluding hydrogens is 248 g/mol. The molecule has 0 aliphatic carbocycles. The number of ether oxygens (including phenoxy) is 1. The average Bonchev–Trinajstić information content (AvgIpc) is 2.78. The van der Waals surface area contributed by atoms with Gasteiger partial charge in [0.1, 0.15) is 0 Å². The lowest BCUT2D eigenvalue weighted by Gasteiger charge is -2.30. The van der Waals surface area contributed by atoms with Gasteiger partial charge in [-0.15, -0.1) is 0 Å². The second kappa shape index (κ2) is 4.81. The number of methoxy groups -OCH3 is 1. The van der Waals surface area contributed by atoms with Crippen LogP contribution in [0.3, 0.4) is 0 Å². The molecule has 1 aliphatic rings. The molecule has 0 aromatic heterocycles. The maximum atomic E-state index is 11.6. The number of nitrogens with zero attached hydrogens (tertiary/aromatic N) is 2. The largest absolute Gasteiger partial charge is 0.464 e. The highest BCUT2D eigenvalue weighted by molar-refractivity contribution is 6.37. The van der Waals surface area contributed by atoms with Crippen LogP contribution in [-0.2, 0) is 20.1 Å². The Kier molecular flexibility index (Phi) is 3.35. The summed E-state index contributed by atoms with van der Waals surface area (Å²) in [5.74, 6) is -1.11. The minimum absolute atomic E-state index is 0.0176. The molecule has 2 rings (SSSR count). The van der Waals surface area contributed by atoms with Crippen LogP contribution in [0.2, 0.25) is 0 Å². The smallest absolute Gasteiger partial charge is 0.354 e. The first-order valence-corrected chi connectivity index (χ1v) is 5.73. The summed E-state index contributed by atoms with van der Waals surface area (Å²) in [6.07, 6.45) is -0.0940. The Morgan fingerprint density at radius 1 is 1.37 bits per heavy atom. The van der Waals surface area contributed by atoms with Crippen LogP contribution in [0.4, 0.5) is 0 Å². The van der Waals surface area contributed by atoms with Crippen molar-refractivity contribution in [2.45, 2.75) is 19.1 Å². The molecule has 6 heteroatoms. The Bertz CT molecular complexity index is 541. The SMILES string of the molecule is COC(=O)C1=NN(C(C)=O)[C@@](O)(c2ccccc2)C1. The van der Waals surface area contributed by atoms with Gasteiger partial charge in [0.25, 0.3) is 0 Å². The van der Waals surface area contributed by atoms with Gasteiger partial charge in [-0.1, -0.05) is 30.3 Å². The monoisotopic (exact) mass is 262 g/mol. The molecule has 0 fully saturated rings. The van der Waals surface area contributed by atoms with E-state index in [1.165, 1.54) is 14.0 Å². The van der Waals surface area contributed by atoms with Crippen molar-refractivity contribution < 1.29 is 19.4 Å². The molecule has 6 nitrogen and oxygen atoms in total. The molecule has 1 heterocycles. The number of carbonyl (C=O) groups excluding carboxylic acids is 2. The topological polar surface area (TPSA) is 79.2 Å². The first-order chi connectivity index (χ1) is 8.99. The molecule has 100 valence electrons. The molecule has 0 bridgehead atoms. The standard InChI is InChI=1S/C13H14N2O4/c1-9(16)15-13(18,10-6-4-3-5-7-10)8-11(14-15)12(17)19-2/h3-7,18H,8H2,1-2H3/t13-/m0/s1. The quantitative estimate of drug-likeness (QED) is 0.792. The van der Waals surface area contributed by atoms with Crippen molar-refractivity contribution in [1.82, 2.24) is 5.01 Å². The third-order valence-electron chi connectivity index (χ3n) is 2.94. The van der Waals surface area contributed by atoms with Crippen LogP contribution < -0.4 is 0 Å². The van der Waals surface area contributed by atoms with Crippen LogP contribution in [0.5, 0.6) is 0 Å². The van der Waals surface area contributed by atoms with Crippen molar-refractivity contribution in [3.8, 4) is 0 Å². The number of aliphatic hydroxyl groups is 1. The first kappa shape index (κ1) is 13.2. The van der Waals surface area contributed by atoms with Crippen LogP contribution in [0, 0.1) is 0 Å². The van der Waals surface area contributed by atoms with Crippen molar-refractivity contribution in [2.75, 3.05) is 7.11 Å². The highest BCUT2D eigenvalue weighted by Crippen LogP contribution is 2.35. The fourth-order valence-corrected chi connectivity index (χ4v) is 2.04. The van der Waals surface area contributed by atoms with E-state index in [-0.39, 0.29) is 12.1 Å². The fraction of sp³-hybridized carbons (Fsp3) is 0.308. The molecule has 0 saturated carbocycles. The number of hydrogen-bond donors (Lipinski definition) is 1. The number of amides is 1. The zero-order valence-electron chi connectivity index (χ0n) is 10.7. The molecule has 19 heavy (non-hydrogen) atoms. The van der Waals surface area contributed by atoms with Crippen LogP contribution >= 0.6 is 0 Å². The molecule has 1 N–H and O–H groups in total. The molecule has 1 aromatic rings. The lowest BCUT2D eigenvalue weighted by Crippen LogP contribution is -2.42.